The first-order valence-electron chi connectivity index (χ1n) is 13.8. The summed E-state index contributed by atoms with van der Waals surface area (Å²) < 4.78 is 30.5. The lowest BCUT2D eigenvalue weighted by Gasteiger charge is -2.54. The Kier molecular flexibility index (Phi) is 6.37. The highest BCUT2D eigenvalue weighted by atomic mass is 19.3. The Morgan fingerprint density at radius 2 is 1.75 bits per heavy atom. The first kappa shape index (κ1) is 26.4. The molecule has 0 spiro atoms. The van der Waals surface area contributed by atoms with E-state index < -0.39 is 59.7 Å². The van der Waals surface area contributed by atoms with Gasteiger partial charge in [-0.1, -0.05) is 48.5 Å². The van der Waals surface area contributed by atoms with E-state index in [1.165, 1.54) is 0 Å². The van der Waals surface area contributed by atoms with E-state index in [-0.39, 0.29) is 25.2 Å². The van der Waals surface area contributed by atoms with Crippen LogP contribution < -0.4 is 10.6 Å². The third-order valence-electron chi connectivity index (χ3n) is 9.06. The van der Waals surface area contributed by atoms with Crippen molar-refractivity contribution in [1.82, 2.24) is 15.5 Å². The standard InChI is InChI=1S/C30H30F2N4O4/c31-29(32)15-19-11-12-24(29)25(27(38)35-18(16-33)14-17-6-5-13-34-26(17)37)36(19)28(39)30(40)22-9-3-1-7-20(22)21-8-2-4-10-23(21)30/h1-4,7-10,17-19,24-25,40H,5-6,11-15H2,(H,34,37)(H,35,38)/t17-,18+,19+,24+,25+/m1/s1. The highest BCUT2D eigenvalue weighted by molar-refractivity contribution is 6.01. The number of hydrogen-bond acceptors (Lipinski definition) is 5. The van der Waals surface area contributed by atoms with Gasteiger partial charge in [-0.3, -0.25) is 14.4 Å². The van der Waals surface area contributed by atoms with E-state index >= 15 is 8.78 Å². The number of nitriles is 1. The van der Waals surface area contributed by atoms with E-state index in [2.05, 4.69) is 10.6 Å². The molecule has 1 saturated carbocycles. The largest absolute Gasteiger partial charge is 0.372 e. The Balaban J connectivity index is 1.35. The van der Waals surface area contributed by atoms with Crippen LogP contribution in [0.25, 0.3) is 11.1 Å². The Labute approximate surface area is 230 Å². The van der Waals surface area contributed by atoms with E-state index in [1.54, 1.807) is 48.5 Å². The molecule has 2 bridgehead atoms. The molecular weight excluding hydrogens is 518 g/mol. The number of hydrogen-bond donors (Lipinski definition) is 3. The fourth-order valence-corrected chi connectivity index (χ4v) is 7.17. The number of nitrogens with one attached hydrogen (secondary N) is 2. The van der Waals surface area contributed by atoms with Crippen LogP contribution >= 0.6 is 0 Å². The van der Waals surface area contributed by atoms with Gasteiger partial charge >= 0.3 is 0 Å². The van der Waals surface area contributed by atoms with Gasteiger partial charge in [0.25, 0.3) is 11.8 Å². The Bertz CT molecular complexity index is 1380. The molecule has 5 aliphatic rings. The van der Waals surface area contributed by atoms with Gasteiger partial charge < -0.3 is 20.6 Å². The number of carbonyl (C=O) groups is 3. The number of carbonyl (C=O) groups excluding carboxylic acids is 3. The highest BCUT2D eigenvalue weighted by Gasteiger charge is 2.63. The minimum Gasteiger partial charge on any atom is -0.372 e. The molecule has 40 heavy (non-hydrogen) atoms. The summed E-state index contributed by atoms with van der Waals surface area (Å²) in [4.78, 5) is 41.5. The zero-order valence-corrected chi connectivity index (χ0v) is 21.8. The van der Waals surface area contributed by atoms with Gasteiger partial charge in [0.2, 0.25) is 11.8 Å². The van der Waals surface area contributed by atoms with Crippen LogP contribution in [0.5, 0.6) is 0 Å². The maximum Gasteiger partial charge on any atom is 0.264 e. The van der Waals surface area contributed by atoms with E-state index in [9.17, 15) is 24.8 Å². The monoisotopic (exact) mass is 548 g/mol. The molecule has 3 heterocycles. The maximum absolute atomic E-state index is 15.2. The number of aliphatic hydroxyl groups is 1. The Morgan fingerprint density at radius 1 is 1.10 bits per heavy atom. The van der Waals surface area contributed by atoms with Crippen molar-refractivity contribution in [3.8, 4) is 17.2 Å². The molecule has 0 radical (unpaired) electrons. The lowest BCUT2D eigenvalue weighted by atomic mass is 9.70. The molecular formula is C30H30F2N4O4. The molecule has 10 heteroatoms. The van der Waals surface area contributed by atoms with Crippen LogP contribution in [0.15, 0.2) is 48.5 Å². The number of halogens is 2. The zero-order chi connectivity index (χ0) is 28.2. The lowest BCUT2D eigenvalue weighted by molar-refractivity contribution is -0.201. The van der Waals surface area contributed by atoms with Gasteiger partial charge in [0.1, 0.15) is 12.1 Å². The summed E-state index contributed by atoms with van der Waals surface area (Å²) in [6.45, 7) is 0.547. The van der Waals surface area contributed by atoms with E-state index in [4.69, 9.17) is 0 Å². The molecule has 2 aromatic carbocycles. The van der Waals surface area contributed by atoms with Gasteiger partial charge in [0, 0.05) is 36.1 Å². The average Bonchev–Trinajstić information content (AvgIpc) is 3.22. The van der Waals surface area contributed by atoms with E-state index in [0.717, 1.165) is 11.3 Å². The Hall–Kier alpha value is -3.84. The molecule has 3 N–H and O–H groups in total. The fraction of sp³-hybridized carbons (Fsp3) is 0.467. The second kappa shape index (κ2) is 9.66. The van der Waals surface area contributed by atoms with Crippen LogP contribution in [0, 0.1) is 23.2 Å². The van der Waals surface area contributed by atoms with Gasteiger partial charge in [0.05, 0.1) is 12.0 Å². The molecule has 3 aliphatic heterocycles. The maximum atomic E-state index is 15.2. The van der Waals surface area contributed by atoms with Crippen LogP contribution in [-0.4, -0.2) is 58.3 Å². The summed E-state index contributed by atoms with van der Waals surface area (Å²) in [5, 5.41) is 27.2. The normalized spacial score (nSPS) is 28.1. The fourth-order valence-electron chi connectivity index (χ4n) is 7.17. The molecule has 5 atom stereocenters. The van der Waals surface area contributed by atoms with Crippen LogP contribution in [0.4, 0.5) is 8.78 Å². The van der Waals surface area contributed by atoms with Crippen LogP contribution in [-0.2, 0) is 20.0 Å². The van der Waals surface area contributed by atoms with Crippen molar-refractivity contribution in [1.29, 1.82) is 5.26 Å². The lowest BCUT2D eigenvalue weighted by Crippen LogP contribution is -2.70. The summed E-state index contributed by atoms with van der Waals surface area (Å²) >= 11 is 0. The van der Waals surface area contributed by atoms with Crippen molar-refractivity contribution in [3.63, 3.8) is 0 Å². The number of benzene rings is 2. The number of alkyl halides is 2. The summed E-state index contributed by atoms with van der Waals surface area (Å²) in [7, 11) is 0. The van der Waals surface area contributed by atoms with Crippen molar-refractivity contribution >= 4 is 17.7 Å². The zero-order valence-electron chi connectivity index (χ0n) is 21.8. The minimum absolute atomic E-state index is 0.0351. The predicted octanol–water partition coefficient (Wildman–Crippen LogP) is 2.84. The third kappa shape index (κ3) is 3.98. The van der Waals surface area contributed by atoms with E-state index in [0.29, 0.717) is 35.2 Å². The molecule has 3 saturated heterocycles. The van der Waals surface area contributed by atoms with Gasteiger partial charge in [-0.2, -0.15) is 5.26 Å². The molecule has 8 nitrogen and oxygen atoms in total. The van der Waals surface area contributed by atoms with Crippen LogP contribution in [0.2, 0.25) is 0 Å². The Morgan fingerprint density at radius 3 is 2.35 bits per heavy atom. The molecule has 2 aromatic rings. The SMILES string of the molecule is N#C[C@H](C[C@H]1CCCNC1=O)NC(=O)[C@@H]1[C@@H]2CC[C@@H](CC2(F)F)N1C(=O)C1(O)c2ccccc2-c2ccccc21. The quantitative estimate of drug-likeness (QED) is 0.531. The predicted molar refractivity (Wildman–Crippen MR) is 139 cm³/mol. The van der Waals surface area contributed by atoms with Crippen molar-refractivity contribution in [3.05, 3.63) is 59.7 Å². The van der Waals surface area contributed by atoms with Crippen LogP contribution in [0.1, 0.15) is 49.7 Å². The first-order chi connectivity index (χ1) is 19.2. The first-order valence-corrected chi connectivity index (χ1v) is 13.8. The smallest absolute Gasteiger partial charge is 0.264 e. The minimum atomic E-state index is -3.19. The highest BCUT2D eigenvalue weighted by Crippen LogP contribution is 2.53. The molecule has 0 aromatic heterocycles. The van der Waals surface area contributed by atoms with Gasteiger partial charge in [0.15, 0.2) is 5.60 Å². The van der Waals surface area contributed by atoms with Crippen molar-refractivity contribution in [2.45, 2.75) is 68.2 Å². The number of fused-ring (bicyclic) bond motifs is 6. The van der Waals surface area contributed by atoms with E-state index in [1.807, 2.05) is 6.07 Å². The average molecular weight is 549 g/mol. The summed E-state index contributed by atoms with van der Waals surface area (Å²) in [6, 6.07) is 12.2. The molecule has 0 unspecified atom stereocenters. The number of rotatable bonds is 5. The molecule has 2 aliphatic carbocycles. The van der Waals surface area contributed by atoms with Crippen LogP contribution in [0.3, 0.4) is 0 Å². The molecule has 4 fully saturated rings. The number of nitrogens with zero attached hydrogens (tertiary/aromatic N) is 2. The van der Waals surface area contributed by atoms with Crippen molar-refractivity contribution < 1.29 is 28.3 Å². The van der Waals surface area contributed by atoms with Crippen molar-refractivity contribution in [2.24, 2.45) is 11.8 Å². The second-order valence-corrected chi connectivity index (χ2v) is 11.3. The number of amides is 3. The van der Waals surface area contributed by atoms with Gasteiger partial charge in [-0.25, -0.2) is 8.78 Å². The third-order valence-corrected chi connectivity index (χ3v) is 9.06. The molecule has 208 valence electrons. The van der Waals surface area contributed by atoms with Gasteiger partial charge in [-0.15, -0.1) is 0 Å². The summed E-state index contributed by atoms with van der Waals surface area (Å²) in [5.74, 6) is -7.03. The van der Waals surface area contributed by atoms with Gasteiger partial charge in [-0.05, 0) is 43.2 Å². The number of piperidine rings is 3. The summed E-state index contributed by atoms with van der Waals surface area (Å²) in [5.41, 5.74) is -0.151. The topological polar surface area (TPSA) is 123 Å². The second-order valence-electron chi connectivity index (χ2n) is 11.3. The molecule has 7 rings (SSSR count). The van der Waals surface area contributed by atoms with Crippen molar-refractivity contribution in [2.75, 3.05) is 6.54 Å². The molecule has 3 amide bonds. The summed E-state index contributed by atoms with van der Waals surface area (Å²) in [6.07, 6.45) is 1.06.